The van der Waals surface area contributed by atoms with Crippen molar-refractivity contribution in [2.75, 3.05) is 0 Å². The summed E-state index contributed by atoms with van der Waals surface area (Å²) in [5.41, 5.74) is 4.24. The zero-order valence-electron chi connectivity index (χ0n) is 8.74. The van der Waals surface area contributed by atoms with Crippen LogP contribution in [-0.4, -0.2) is 15.0 Å². The smallest absolute Gasteiger partial charge is 0.0979 e. The highest BCUT2D eigenvalue weighted by molar-refractivity contribution is 6.16. The summed E-state index contributed by atoms with van der Waals surface area (Å²) >= 11 is 5.69. The molecule has 1 aromatic carbocycles. The van der Waals surface area contributed by atoms with Crippen LogP contribution in [-0.2, 0) is 5.88 Å². The summed E-state index contributed by atoms with van der Waals surface area (Å²) in [6, 6.07) is 6.16. The van der Waals surface area contributed by atoms with Crippen LogP contribution in [0.5, 0.6) is 0 Å². The summed E-state index contributed by atoms with van der Waals surface area (Å²) in [6.07, 6.45) is 1.86. The molecule has 0 aliphatic carbocycles. The van der Waals surface area contributed by atoms with E-state index in [2.05, 4.69) is 36.3 Å². The Hall–Kier alpha value is -1.35. The Morgan fingerprint density at radius 3 is 2.47 bits per heavy atom. The second-order valence-corrected chi connectivity index (χ2v) is 3.80. The van der Waals surface area contributed by atoms with Crippen LogP contribution in [0.2, 0.25) is 0 Å². The van der Waals surface area contributed by atoms with Crippen molar-refractivity contribution in [1.29, 1.82) is 0 Å². The van der Waals surface area contributed by atoms with Gasteiger partial charge in [0.1, 0.15) is 0 Å². The topological polar surface area (TPSA) is 30.7 Å². The van der Waals surface area contributed by atoms with Gasteiger partial charge in [0.05, 0.1) is 23.5 Å². The Morgan fingerprint density at radius 2 is 1.93 bits per heavy atom. The number of nitrogens with zero attached hydrogens (tertiary/aromatic N) is 3. The maximum absolute atomic E-state index is 5.69. The number of hydrogen-bond acceptors (Lipinski definition) is 2. The molecule has 0 aliphatic heterocycles. The molecular formula is C11H12ClN3. The van der Waals surface area contributed by atoms with Gasteiger partial charge in [0.25, 0.3) is 0 Å². The fraction of sp³-hybridized carbons (Fsp3) is 0.273. The Balaban J connectivity index is 2.53. The Labute approximate surface area is 93.7 Å². The summed E-state index contributed by atoms with van der Waals surface area (Å²) in [5, 5.41) is 8.04. The SMILES string of the molecule is Cc1cccc(C)c1-n1cc(CCl)nn1. The van der Waals surface area contributed by atoms with Crippen LogP contribution in [0.25, 0.3) is 5.69 Å². The lowest BCUT2D eigenvalue weighted by Gasteiger charge is -2.07. The number of aryl methyl sites for hydroxylation is 2. The van der Waals surface area contributed by atoms with E-state index in [-0.39, 0.29) is 0 Å². The van der Waals surface area contributed by atoms with E-state index in [1.165, 1.54) is 11.1 Å². The maximum atomic E-state index is 5.69. The third-order valence-corrected chi connectivity index (χ3v) is 2.62. The van der Waals surface area contributed by atoms with Gasteiger partial charge < -0.3 is 0 Å². The highest BCUT2D eigenvalue weighted by Crippen LogP contribution is 2.17. The quantitative estimate of drug-likeness (QED) is 0.730. The number of aromatic nitrogens is 3. The number of hydrogen-bond donors (Lipinski definition) is 0. The van der Waals surface area contributed by atoms with E-state index in [0.29, 0.717) is 5.88 Å². The summed E-state index contributed by atoms with van der Waals surface area (Å²) in [5.74, 6) is 0.394. The van der Waals surface area contributed by atoms with Crippen molar-refractivity contribution in [3.8, 4) is 5.69 Å². The fourth-order valence-corrected chi connectivity index (χ4v) is 1.76. The van der Waals surface area contributed by atoms with Crippen LogP contribution < -0.4 is 0 Å². The van der Waals surface area contributed by atoms with Crippen molar-refractivity contribution in [2.45, 2.75) is 19.7 Å². The van der Waals surface area contributed by atoms with Gasteiger partial charge in [-0.1, -0.05) is 23.4 Å². The van der Waals surface area contributed by atoms with Crippen molar-refractivity contribution in [1.82, 2.24) is 15.0 Å². The second-order valence-electron chi connectivity index (χ2n) is 3.53. The van der Waals surface area contributed by atoms with Crippen LogP contribution in [0.1, 0.15) is 16.8 Å². The van der Waals surface area contributed by atoms with Gasteiger partial charge in [0.2, 0.25) is 0 Å². The molecule has 0 N–H and O–H groups in total. The summed E-state index contributed by atoms with van der Waals surface area (Å²) in [6.45, 7) is 4.12. The average Bonchev–Trinajstić information content (AvgIpc) is 2.66. The lowest BCUT2D eigenvalue weighted by Crippen LogP contribution is -2.00. The molecule has 0 spiro atoms. The molecular weight excluding hydrogens is 210 g/mol. The highest BCUT2D eigenvalue weighted by atomic mass is 35.5. The van der Waals surface area contributed by atoms with Crippen LogP contribution in [0.4, 0.5) is 0 Å². The van der Waals surface area contributed by atoms with Crippen LogP contribution >= 0.6 is 11.6 Å². The Bertz CT molecular complexity index is 456. The highest BCUT2D eigenvalue weighted by Gasteiger charge is 2.06. The third-order valence-electron chi connectivity index (χ3n) is 2.35. The first-order valence-electron chi connectivity index (χ1n) is 4.76. The number of rotatable bonds is 2. The zero-order valence-corrected chi connectivity index (χ0v) is 9.49. The molecule has 4 heteroatoms. The lowest BCUT2D eigenvalue weighted by atomic mass is 10.1. The summed E-state index contributed by atoms with van der Waals surface area (Å²) < 4.78 is 1.78. The molecule has 1 aromatic heterocycles. The first-order valence-corrected chi connectivity index (χ1v) is 5.29. The monoisotopic (exact) mass is 221 g/mol. The van der Waals surface area contributed by atoms with E-state index in [1.807, 2.05) is 12.3 Å². The van der Waals surface area contributed by atoms with E-state index >= 15 is 0 Å². The van der Waals surface area contributed by atoms with Gasteiger partial charge in [0.15, 0.2) is 0 Å². The van der Waals surface area contributed by atoms with Crippen LogP contribution in [0.15, 0.2) is 24.4 Å². The molecule has 0 atom stereocenters. The van der Waals surface area contributed by atoms with Gasteiger partial charge in [-0.3, -0.25) is 0 Å². The third kappa shape index (κ3) is 1.88. The molecule has 0 amide bonds. The van der Waals surface area contributed by atoms with E-state index in [0.717, 1.165) is 11.4 Å². The Morgan fingerprint density at radius 1 is 1.27 bits per heavy atom. The molecule has 0 unspecified atom stereocenters. The molecule has 3 nitrogen and oxygen atoms in total. The molecule has 1 heterocycles. The van der Waals surface area contributed by atoms with Gasteiger partial charge >= 0.3 is 0 Å². The van der Waals surface area contributed by atoms with Crippen LogP contribution in [0.3, 0.4) is 0 Å². The van der Waals surface area contributed by atoms with Gasteiger partial charge in [-0.15, -0.1) is 16.7 Å². The van der Waals surface area contributed by atoms with E-state index < -0.39 is 0 Å². The number of alkyl halides is 1. The second kappa shape index (κ2) is 4.03. The zero-order chi connectivity index (χ0) is 10.8. The maximum Gasteiger partial charge on any atom is 0.0979 e. The standard InChI is InChI=1S/C11H12ClN3/c1-8-4-3-5-9(2)11(8)15-7-10(6-12)13-14-15/h3-5,7H,6H2,1-2H3. The van der Waals surface area contributed by atoms with Crippen molar-refractivity contribution in [3.63, 3.8) is 0 Å². The predicted octanol–water partition coefficient (Wildman–Crippen LogP) is 2.62. The van der Waals surface area contributed by atoms with Gasteiger partial charge in [-0.05, 0) is 25.0 Å². The number of para-hydroxylation sites is 1. The van der Waals surface area contributed by atoms with E-state index in [1.54, 1.807) is 4.68 Å². The summed E-state index contributed by atoms with van der Waals surface area (Å²) in [4.78, 5) is 0. The molecule has 0 saturated carbocycles. The van der Waals surface area contributed by atoms with Crippen molar-refractivity contribution < 1.29 is 0 Å². The number of benzene rings is 1. The van der Waals surface area contributed by atoms with Crippen molar-refractivity contribution >= 4 is 11.6 Å². The minimum atomic E-state index is 0.394. The minimum absolute atomic E-state index is 0.394. The van der Waals surface area contributed by atoms with E-state index in [4.69, 9.17) is 11.6 Å². The first kappa shape index (κ1) is 10.2. The predicted molar refractivity (Wildman–Crippen MR) is 60.4 cm³/mol. The first-order chi connectivity index (χ1) is 7.22. The normalized spacial score (nSPS) is 10.6. The summed E-state index contributed by atoms with van der Waals surface area (Å²) in [7, 11) is 0. The average molecular weight is 222 g/mol. The molecule has 78 valence electrons. The van der Waals surface area contributed by atoms with Gasteiger partial charge in [-0.2, -0.15) is 0 Å². The molecule has 0 aliphatic rings. The molecule has 2 aromatic rings. The van der Waals surface area contributed by atoms with Gasteiger partial charge in [-0.25, -0.2) is 4.68 Å². The van der Waals surface area contributed by atoms with Gasteiger partial charge in [0, 0.05) is 0 Å². The van der Waals surface area contributed by atoms with Crippen molar-refractivity contribution in [2.24, 2.45) is 0 Å². The Kier molecular flexibility index (Phi) is 2.73. The van der Waals surface area contributed by atoms with E-state index in [9.17, 15) is 0 Å². The largest absolute Gasteiger partial charge is 0.220 e. The molecule has 0 bridgehead atoms. The molecule has 0 saturated heterocycles. The molecule has 2 rings (SSSR count). The minimum Gasteiger partial charge on any atom is -0.220 e. The van der Waals surface area contributed by atoms with Crippen molar-refractivity contribution in [3.05, 3.63) is 41.2 Å². The van der Waals surface area contributed by atoms with Crippen LogP contribution in [0, 0.1) is 13.8 Å². The molecule has 0 fully saturated rings. The fourth-order valence-electron chi connectivity index (χ4n) is 1.64. The molecule has 15 heavy (non-hydrogen) atoms. The molecule has 0 radical (unpaired) electrons. The number of halogens is 1. The lowest BCUT2D eigenvalue weighted by molar-refractivity contribution is 0.791.